The summed E-state index contributed by atoms with van der Waals surface area (Å²) in [6.45, 7) is 9.41. The molecule has 0 aromatic carbocycles. The highest BCUT2D eigenvalue weighted by Crippen LogP contribution is 2.28. The predicted molar refractivity (Wildman–Crippen MR) is 79.9 cm³/mol. The number of nitrogens with two attached hydrogens (primary N) is 1. The van der Waals surface area contributed by atoms with Gasteiger partial charge in [0, 0.05) is 24.7 Å². The molecule has 20 heavy (non-hydrogen) atoms. The normalized spacial score (nSPS) is 21.4. The summed E-state index contributed by atoms with van der Waals surface area (Å²) in [5.74, 6) is 0.869. The molecule has 1 aliphatic heterocycles. The largest absolute Gasteiger partial charge is 0.361 e. The second kappa shape index (κ2) is 6.14. The van der Waals surface area contributed by atoms with Crippen LogP contribution in [-0.4, -0.2) is 35.1 Å². The number of hydrogen-bond acceptors (Lipinski definition) is 4. The van der Waals surface area contributed by atoms with Gasteiger partial charge in [-0.15, -0.1) is 12.4 Å². The van der Waals surface area contributed by atoms with E-state index < -0.39 is 0 Å². The zero-order valence-electron chi connectivity index (χ0n) is 12.6. The van der Waals surface area contributed by atoms with Gasteiger partial charge in [0.25, 0.3) is 0 Å². The minimum Gasteiger partial charge on any atom is -0.361 e. The van der Waals surface area contributed by atoms with Crippen molar-refractivity contribution in [3.8, 4) is 0 Å². The van der Waals surface area contributed by atoms with Gasteiger partial charge in [-0.3, -0.25) is 4.79 Å². The lowest BCUT2D eigenvalue weighted by atomic mass is 9.79. The van der Waals surface area contributed by atoms with Gasteiger partial charge in [-0.05, 0) is 25.7 Å². The highest BCUT2D eigenvalue weighted by Gasteiger charge is 2.35. The van der Waals surface area contributed by atoms with Gasteiger partial charge in [0.1, 0.15) is 5.76 Å². The fourth-order valence-electron chi connectivity index (χ4n) is 2.60. The maximum Gasteiger partial charge on any atom is 0.227 e. The number of piperidine rings is 1. The number of aromatic nitrogens is 1. The minimum atomic E-state index is -0.0212. The fourth-order valence-corrected chi connectivity index (χ4v) is 2.60. The Hall–Kier alpha value is -1.07. The van der Waals surface area contributed by atoms with Gasteiger partial charge in [-0.2, -0.15) is 0 Å². The average Bonchev–Trinajstić information content (AvgIpc) is 2.64. The molecule has 0 aliphatic carbocycles. The van der Waals surface area contributed by atoms with Gasteiger partial charge in [-0.25, -0.2) is 0 Å². The van der Waals surface area contributed by atoms with Crippen LogP contribution < -0.4 is 5.73 Å². The number of nitrogens with zero attached hydrogens (tertiary/aromatic N) is 2. The van der Waals surface area contributed by atoms with Crippen molar-refractivity contribution in [3.05, 3.63) is 17.0 Å². The number of amides is 1. The van der Waals surface area contributed by atoms with Crippen molar-refractivity contribution in [2.45, 2.75) is 46.6 Å². The average molecular weight is 302 g/mol. The number of hydrogen-bond donors (Lipinski definition) is 1. The molecule has 1 unspecified atom stereocenters. The lowest BCUT2D eigenvalue weighted by molar-refractivity contribution is -0.133. The molecular weight excluding hydrogens is 278 g/mol. The summed E-state index contributed by atoms with van der Waals surface area (Å²) in [5, 5.41) is 3.89. The van der Waals surface area contributed by atoms with Crippen molar-refractivity contribution in [2.75, 3.05) is 13.1 Å². The molecule has 2 N–H and O–H groups in total. The van der Waals surface area contributed by atoms with E-state index in [1.54, 1.807) is 0 Å². The lowest BCUT2D eigenvalue weighted by Crippen LogP contribution is -2.54. The molecule has 0 saturated carbocycles. The molecule has 1 fully saturated rings. The first-order valence-electron chi connectivity index (χ1n) is 6.76. The van der Waals surface area contributed by atoms with Crippen molar-refractivity contribution in [2.24, 2.45) is 11.1 Å². The van der Waals surface area contributed by atoms with Crippen LogP contribution in [0.25, 0.3) is 0 Å². The van der Waals surface area contributed by atoms with Crippen molar-refractivity contribution < 1.29 is 9.32 Å². The van der Waals surface area contributed by atoms with Gasteiger partial charge in [0.2, 0.25) is 5.91 Å². The quantitative estimate of drug-likeness (QED) is 0.904. The van der Waals surface area contributed by atoms with E-state index in [9.17, 15) is 4.79 Å². The molecule has 2 heterocycles. The van der Waals surface area contributed by atoms with E-state index in [4.69, 9.17) is 10.3 Å². The zero-order valence-corrected chi connectivity index (χ0v) is 13.4. The first-order valence-corrected chi connectivity index (χ1v) is 6.76. The molecule has 6 heteroatoms. The van der Waals surface area contributed by atoms with Crippen LogP contribution in [0.2, 0.25) is 0 Å². The number of carbonyl (C=O) groups excluding carboxylic acids is 1. The maximum absolute atomic E-state index is 12.4. The molecule has 114 valence electrons. The van der Waals surface area contributed by atoms with Gasteiger partial charge < -0.3 is 15.2 Å². The van der Waals surface area contributed by atoms with E-state index in [2.05, 4.69) is 19.0 Å². The molecule has 1 atom stereocenters. The van der Waals surface area contributed by atoms with Crippen LogP contribution >= 0.6 is 12.4 Å². The summed E-state index contributed by atoms with van der Waals surface area (Å²) in [6, 6.07) is 0.163. The summed E-state index contributed by atoms with van der Waals surface area (Å²) in [4.78, 5) is 14.3. The summed E-state index contributed by atoms with van der Waals surface area (Å²) >= 11 is 0. The van der Waals surface area contributed by atoms with Crippen LogP contribution in [0.1, 0.15) is 37.3 Å². The second-order valence-electron chi connectivity index (χ2n) is 6.18. The van der Waals surface area contributed by atoms with Crippen molar-refractivity contribution >= 4 is 18.3 Å². The molecule has 1 aromatic heterocycles. The standard InChI is InChI=1S/C14H23N3O2.ClH/c1-9-11(10(2)19-16-9)7-13(18)17-6-5-12(15)14(3,4)8-17;/h12H,5-8,15H2,1-4H3;1H. The van der Waals surface area contributed by atoms with Crippen LogP contribution in [0.4, 0.5) is 0 Å². The lowest BCUT2D eigenvalue weighted by Gasteiger charge is -2.42. The molecule has 0 bridgehead atoms. The highest BCUT2D eigenvalue weighted by molar-refractivity contribution is 5.85. The highest BCUT2D eigenvalue weighted by atomic mass is 35.5. The van der Waals surface area contributed by atoms with Gasteiger partial charge in [0.05, 0.1) is 12.1 Å². The molecule has 5 nitrogen and oxygen atoms in total. The third kappa shape index (κ3) is 3.33. The van der Waals surface area contributed by atoms with Crippen molar-refractivity contribution in [3.63, 3.8) is 0 Å². The molecule has 0 spiro atoms. The maximum atomic E-state index is 12.4. The Morgan fingerprint density at radius 1 is 1.50 bits per heavy atom. The molecule has 1 saturated heterocycles. The van der Waals surface area contributed by atoms with E-state index in [1.807, 2.05) is 18.7 Å². The van der Waals surface area contributed by atoms with Crippen LogP contribution in [0.3, 0.4) is 0 Å². The summed E-state index contributed by atoms with van der Waals surface area (Å²) in [6.07, 6.45) is 1.23. The third-order valence-corrected chi connectivity index (χ3v) is 4.17. The number of likely N-dealkylation sites (tertiary alicyclic amines) is 1. The van der Waals surface area contributed by atoms with Gasteiger partial charge in [-0.1, -0.05) is 19.0 Å². The third-order valence-electron chi connectivity index (χ3n) is 4.17. The molecular formula is C14H24ClN3O2. The zero-order chi connectivity index (χ0) is 14.2. The Balaban J connectivity index is 0.00000200. The van der Waals surface area contributed by atoms with E-state index in [0.29, 0.717) is 6.42 Å². The Morgan fingerprint density at radius 2 is 2.15 bits per heavy atom. The van der Waals surface area contributed by atoms with Crippen molar-refractivity contribution in [1.29, 1.82) is 0 Å². The van der Waals surface area contributed by atoms with Crippen LogP contribution in [0.5, 0.6) is 0 Å². The van der Waals surface area contributed by atoms with E-state index >= 15 is 0 Å². The topological polar surface area (TPSA) is 72.4 Å². The Kier molecular flexibility index (Phi) is 5.21. The van der Waals surface area contributed by atoms with E-state index in [1.165, 1.54) is 0 Å². The Labute approximate surface area is 126 Å². The molecule has 0 radical (unpaired) electrons. The SMILES string of the molecule is Cc1noc(C)c1CC(=O)N1CCC(N)C(C)(C)C1.Cl. The number of rotatable bonds is 2. The minimum absolute atomic E-state index is 0. The Bertz CT molecular complexity index is 465. The number of aryl methyl sites for hydroxylation is 2. The smallest absolute Gasteiger partial charge is 0.227 e. The van der Waals surface area contributed by atoms with Crippen LogP contribution in [0, 0.1) is 19.3 Å². The fraction of sp³-hybridized carbons (Fsp3) is 0.714. The van der Waals surface area contributed by atoms with E-state index in [0.717, 1.165) is 36.5 Å². The first-order chi connectivity index (χ1) is 8.81. The first kappa shape index (κ1) is 17.0. The van der Waals surface area contributed by atoms with Gasteiger partial charge in [0.15, 0.2) is 0 Å². The number of carbonyl (C=O) groups is 1. The summed E-state index contributed by atoms with van der Waals surface area (Å²) in [5.41, 5.74) is 7.79. The Morgan fingerprint density at radius 3 is 2.65 bits per heavy atom. The summed E-state index contributed by atoms with van der Waals surface area (Å²) in [7, 11) is 0. The summed E-state index contributed by atoms with van der Waals surface area (Å²) < 4.78 is 5.10. The molecule has 1 amide bonds. The van der Waals surface area contributed by atoms with Crippen LogP contribution in [-0.2, 0) is 11.2 Å². The monoisotopic (exact) mass is 301 g/mol. The predicted octanol–water partition coefficient (Wildman–Crippen LogP) is 1.84. The van der Waals surface area contributed by atoms with Crippen LogP contribution in [0.15, 0.2) is 4.52 Å². The molecule has 2 rings (SSSR count). The molecule has 1 aromatic rings. The molecule has 1 aliphatic rings. The second-order valence-corrected chi connectivity index (χ2v) is 6.18. The van der Waals surface area contributed by atoms with E-state index in [-0.39, 0.29) is 29.8 Å². The van der Waals surface area contributed by atoms with Gasteiger partial charge >= 0.3 is 0 Å². The number of halogens is 1. The van der Waals surface area contributed by atoms with Crippen molar-refractivity contribution in [1.82, 2.24) is 10.1 Å².